The Hall–Kier alpha value is -1.12. The topological polar surface area (TPSA) is 43.4 Å². The first-order valence-electron chi connectivity index (χ1n) is 6.76. The molecule has 18 heavy (non-hydrogen) atoms. The van der Waals surface area contributed by atoms with Gasteiger partial charge in [0.2, 0.25) is 0 Å². The fourth-order valence-electron chi connectivity index (χ4n) is 1.86. The van der Waals surface area contributed by atoms with E-state index in [-0.39, 0.29) is 23.8 Å². The second-order valence-corrected chi connectivity index (χ2v) is 4.11. The first kappa shape index (κ1) is 19.2. The van der Waals surface area contributed by atoms with Crippen LogP contribution in [0.2, 0.25) is 0 Å². The van der Waals surface area contributed by atoms with Crippen LogP contribution in [-0.2, 0) is 14.3 Å². The molecule has 0 aromatic heterocycles. The van der Waals surface area contributed by atoms with Gasteiger partial charge in [-0.05, 0) is 39.5 Å². The minimum Gasteiger partial charge on any atom is -0.463 e. The molecular weight excluding hydrogens is 228 g/mol. The molecular formula is C15H28O3. The maximum Gasteiger partial charge on any atom is 0.302 e. The number of carbonyl (C=O) groups is 2. The molecule has 0 bridgehead atoms. The third kappa shape index (κ3) is 10.1. The summed E-state index contributed by atoms with van der Waals surface area (Å²) in [6.45, 7) is 12.3. The van der Waals surface area contributed by atoms with Crippen molar-refractivity contribution in [3.63, 3.8) is 0 Å². The van der Waals surface area contributed by atoms with Gasteiger partial charge < -0.3 is 4.74 Å². The predicted molar refractivity (Wildman–Crippen MR) is 75.4 cm³/mol. The minimum absolute atomic E-state index is 0.0276. The van der Waals surface area contributed by atoms with Gasteiger partial charge in [-0.1, -0.05) is 19.9 Å². The van der Waals surface area contributed by atoms with E-state index in [1.165, 1.54) is 6.92 Å². The largest absolute Gasteiger partial charge is 0.463 e. The number of Topliss-reactive ketones (excluding diaryl/α,β-unsaturated/α-hetero) is 1. The van der Waals surface area contributed by atoms with Gasteiger partial charge in [0.1, 0.15) is 11.9 Å². The van der Waals surface area contributed by atoms with Gasteiger partial charge in [-0.25, -0.2) is 0 Å². The lowest BCUT2D eigenvalue weighted by Gasteiger charge is -2.26. The van der Waals surface area contributed by atoms with Crippen LogP contribution in [0.5, 0.6) is 0 Å². The van der Waals surface area contributed by atoms with Crippen LogP contribution in [0.1, 0.15) is 60.3 Å². The third-order valence-electron chi connectivity index (χ3n) is 2.53. The van der Waals surface area contributed by atoms with Gasteiger partial charge in [0.05, 0.1) is 0 Å². The van der Waals surface area contributed by atoms with E-state index in [0.717, 1.165) is 25.7 Å². The molecule has 1 saturated carbocycles. The molecule has 1 fully saturated rings. The van der Waals surface area contributed by atoms with E-state index in [1.807, 2.05) is 20.8 Å². The van der Waals surface area contributed by atoms with Crippen LogP contribution in [0, 0.1) is 5.92 Å². The fourth-order valence-corrected chi connectivity index (χ4v) is 1.86. The molecule has 0 aliphatic heterocycles. The molecule has 0 spiro atoms. The molecule has 2 unspecified atom stereocenters. The number of carbonyl (C=O) groups excluding carboxylic acids is 2. The Morgan fingerprint density at radius 1 is 1.22 bits per heavy atom. The third-order valence-corrected chi connectivity index (χ3v) is 2.53. The maximum atomic E-state index is 11.1. The molecule has 0 N–H and O–H groups in total. The molecule has 0 radical (unpaired) electrons. The SMILES string of the molecule is C=CC.CC.CC(=O)OC1CCCC(C(C)=O)C1. The summed E-state index contributed by atoms with van der Waals surface area (Å²) in [7, 11) is 0. The van der Waals surface area contributed by atoms with E-state index in [0.29, 0.717) is 0 Å². The van der Waals surface area contributed by atoms with Gasteiger partial charge in [-0.2, -0.15) is 0 Å². The molecule has 0 aromatic carbocycles. The summed E-state index contributed by atoms with van der Waals surface area (Å²) >= 11 is 0. The average molecular weight is 256 g/mol. The van der Waals surface area contributed by atoms with Crippen molar-refractivity contribution in [2.75, 3.05) is 0 Å². The normalized spacial score (nSPS) is 21.4. The van der Waals surface area contributed by atoms with Crippen molar-refractivity contribution < 1.29 is 14.3 Å². The first-order valence-corrected chi connectivity index (χ1v) is 6.76. The molecule has 3 heteroatoms. The van der Waals surface area contributed by atoms with Crippen LogP contribution < -0.4 is 0 Å². The van der Waals surface area contributed by atoms with Gasteiger partial charge in [0.25, 0.3) is 0 Å². The van der Waals surface area contributed by atoms with E-state index in [2.05, 4.69) is 6.58 Å². The van der Waals surface area contributed by atoms with Crippen LogP contribution in [-0.4, -0.2) is 17.9 Å². The Bertz CT molecular complexity index is 246. The standard InChI is InChI=1S/C10H16O3.C3H6.C2H6/c1-7(11)9-4-3-5-10(6-9)13-8(2)12;1-3-2;1-2/h9-10H,3-6H2,1-2H3;3H,1H2,2H3;1-2H3. The highest BCUT2D eigenvalue weighted by Crippen LogP contribution is 2.26. The first-order chi connectivity index (χ1) is 8.51. The molecule has 1 aliphatic carbocycles. The Morgan fingerprint density at radius 2 is 1.72 bits per heavy atom. The highest BCUT2D eigenvalue weighted by Gasteiger charge is 2.26. The molecule has 2 atom stereocenters. The molecule has 1 aliphatic rings. The average Bonchev–Trinajstić information content (AvgIpc) is 2.32. The van der Waals surface area contributed by atoms with Crippen LogP contribution in [0.15, 0.2) is 12.7 Å². The quantitative estimate of drug-likeness (QED) is 0.555. The van der Waals surface area contributed by atoms with E-state index in [9.17, 15) is 9.59 Å². The van der Waals surface area contributed by atoms with Gasteiger partial charge in [-0.3, -0.25) is 9.59 Å². The monoisotopic (exact) mass is 256 g/mol. The lowest BCUT2D eigenvalue weighted by atomic mass is 9.85. The van der Waals surface area contributed by atoms with E-state index >= 15 is 0 Å². The molecule has 0 saturated heterocycles. The minimum atomic E-state index is -0.241. The van der Waals surface area contributed by atoms with Crippen LogP contribution >= 0.6 is 0 Å². The summed E-state index contributed by atoms with van der Waals surface area (Å²) in [5, 5.41) is 0. The van der Waals surface area contributed by atoms with Crippen LogP contribution in [0.25, 0.3) is 0 Å². The summed E-state index contributed by atoms with van der Waals surface area (Å²) in [5.41, 5.74) is 0. The number of esters is 1. The number of rotatable bonds is 2. The van der Waals surface area contributed by atoms with Crippen molar-refractivity contribution >= 4 is 11.8 Å². The summed E-state index contributed by atoms with van der Waals surface area (Å²) in [4.78, 5) is 21.8. The molecule has 3 nitrogen and oxygen atoms in total. The number of allylic oxidation sites excluding steroid dienone is 1. The Labute approximate surface area is 112 Å². The highest BCUT2D eigenvalue weighted by atomic mass is 16.5. The van der Waals surface area contributed by atoms with Crippen LogP contribution in [0.4, 0.5) is 0 Å². The maximum absolute atomic E-state index is 11.1. The molecule has 0 heterocycles. The molecule has 0 amide bonds. The van der Waals surface area contributed by atoms with Crippen molar-refractivity contribution in [2.24, 2.45) is 5.92 Å². The van der Waals surface area contributed by atoms with Crippen molar-refractivity contribution in [3.8, 4) is 0 Å². The Morgan fingerprint density at radius 3 is 2.11 bits per heavy atom. The second-order valence-electron chi connectivity index (χ2n) is 4.11. The fraction of sp³-hybridized carbons (Fsp3) is 0.733. The zero-order valence-corrected chi connectivity index (χ0v) is 12.5. The Kier molecular flexibility index (Phi) is 13.2. The zero-order chi connectivity index (χ0) is 14.6. The van der Waals surface area contributed by atoms with Crippen molar-refractivity contribution in [1.29, 1.82) is 0 Å². The van der Waals surface area contributed by atoms with Gasteiger partial charge in [0, 0.05) is 12.8 Å². The zero-order valence-electron chi connectivity index (χ0n) is 12.5. The summed E-state index contributed by atoms with van der Waals surface area (Å²) in [6, 6.07) is 0. The Balaban J connectivity index is 0. The molecule has 1 rings (SSSR count). The van der Waals surface area contributed by atoms with Crippen LogP contribution in [0.3, 0.4) is 0 Å². The number of hydrogen-bond acceptors (Lipinski definition) is 3. The smallest absolute Gasteiger partial charge is 0.302 e. The van der Waals surface area contributed by atoms with Crippen molar-refractivity contribution in [2.45, 2.75) is 66.4 Å². The van der Waals surface area contributed by atoms with Gasteiger partial charge in [0.15, 0.2) is 0 Å². The number of ketones is 1. The number of ether oxygens (including phenoxy) is 1. The predicted octanol–water partition coefficient (Wildman–Crippen LogP) is 3.92. The second kappa shape index (κ2) is 12.3. The van der Waals surface area contributed by atoms with Gasteiger partial charge >= 0.3 is 5.97 Å². The van der Waals surface area contributed by atoms with E-state index < -0.39 is 0 Å². The molecule has 106 valence electrons. The van der Waals surface area contributed by atoms with Crippen molar-refractivity contribution in [3.05, 3.63) is 12.7 Å². The van der Waals surface area contributed by atoms with Gasteiger partial charge in [-0.15, -0.1) is 6.58 Å². The summed E-state index contributed by atoms with van der Waals surface area (Å²) in [6.07, 6.45) is 5.29. The summed E-state index contributed by atoms with van der Waals surface area (Å²) < 4.78 is 5.08. The van der Waals surface area contributed by atoms with E-state index in [4.69, 9.17) is 4.74 Å². The lowest BCUT2D eigenvalue weighted by molar-refractivity contribution is -0.149. The van der Waals surface area contributed by atoms with Crippen molar-refractivity contribution in [1.82, 2.24) is 0 Å². The summed E-state index contributed by atoms with van der Waals surface area (Å²) in [5.74, 6) is 0.0872. The highest BCUT2D eigenvalue weighted by molar-refractivity contribution is 5.78. The number of hydrogen-bond donors (Lipinski definition) is 0. The van der Waals surface area contributed by atoms with E-state index in [1.54, 1.807) is 13.0 Å². The lowest BCUT2D eigenvalue weighted by Crippen LogP contribution is -2.27. The molecule has 0 aromatic rings.